The van der Waals surface area contributed by atoms with Gasteiger partial charge in [0, 0.05) is 18.8 Å². The third-order valence-electron chi connectivity index (χ3n) is 3.43. The first kappa shape index (κ1) is 11.4. The fourth-order valence-corrected chi connectivity index (χ4v) is 1.91. The Hall–Kier alpha value is -0.640. The predicted octanol–water partition coefficient (Wildman–Crippen LogP) is 1.92. The fourth-order valence-electron chi connectivity index (χ4n) is 1.91. The van der Waals surface area contributed by atoms with E-state index in [4.69, 9.17) is 0 Å². The van der Waals surface area contributed by atoms with E-state index in [1.807, 2.05) is 6.92 Å². The lowest BCUT2D eigenvalue weighted by Crippen LogP contribution is -2.53. The summed E-state index contributed by atoms with van der Waals surface area (Å²) < 4.78 is 0. The van der Waals surface area contributed by atoms with Crippen molar-refractivity contribution in [3.05, 3.63) is 10.1 Å². The summed E-state index contributed by atoms with van der Waals surface area (Å²) in [5.74, 6) is 0. The molecule has 1 fully saturated rings. The largest absolute Gasteiger partial charge is 0.294 e. The maximum atomic E-state index is 10.9. The smallest absolute Gasteiger partial charge is 0.231 e. The van der Waals surface area contributed by atoms with Crippen molar-refractivity contribution >= 4 is 0 Å². The van der Waals surface area contributed by atoms with Gasteiger partial charge < -0.3 is 0 Å². The van der Waals surface area contributed by atoms with Gasteiger partial charge in [0.2, 0.25) is 5.54 Å². The summed E-state index contributed by atoms with van der Waals surface area (Å²) in [5, 5.41) is 10.9. The molecule has 0 radical (unpaired) electrons. The highest BCUT2D eigenvalue weighted by Crippen LogP contribution is 2.22. The topological polar surface area (TPSA) is 46.4 Å². The lowest BCUT2D eigenvalue weighted by Gasteiger charge is -2.36. The molecule has 0 amide bonds. The first-order valence-corrected chi connectivity index (χ1v) is 5.35. The molecule has 1 saturated heterocycles. The Kier molecular flexibility index (Phi) is 3.48. The number of piperidine rings is 1. The second-order valence-corrected chi connectivity index (χ2v) is 4.68. The molecular weight excluding hydrogens is 180 g/mol. The number of likely N-dealkylation sites (tertiary alicyclic amines) is 1. The Morgan fingerprint density at radius 2 is 1.79 bits per heavy atom. The Bertz CT molecular complexity index is 210. The van der Waals surface area contributed by atoms with Gasteiger partial charge in [0.25, 0.3) is 0 Å². The highest BCUT2D eigenvalue weighted by molar-refractivity contribution is 4.84. The van der Waals surface area contributed by atoms with Crippen molar-refractivity contribution in [3.63, 3.8) is 0 Å². The molecule has 0 bridgehead atoms. The zero-order valence-corrected chi connectivity index (χ0v) is 9.32. The van der Waals surface area contributed by atoms with Gasteiger partial charge in [-0.05, 0) is 32.9 Å². The van der Waals surface area contributed by atoms with Crippen molar-refractivity contribution in [2.45, 2.75) is 51.6 Å². The van der Waals surface area contributed by atoms with Crippen LogP contribution in [0, 0.1) is 10.1 Å². The van der Waals surface area contributed by atoms with Gasteiger partial charge in [0.05, 0.1) is 6.04 Å². The molecule has 4 heteroatoms. The molecule has 0 aromatic rings. The molecule has 4 nitrogen and oxygen atoms in total. The molecule has 1 unspecified atom stereocenters. The SMILES string of the molecule is CC(N1CCCCC1)C(C)(C)[N+](=O)[O-]. The lowest BCUT2D eigenvalue weighted by atomic mass is 9.94. The van der Waals surface area contributed by atoms with Crippen molar-refractivity contribution in [1.29, 1.82) is 0 Å². The van der Waals surface area contributed by atoms with Crippen molar-refractivity contribution < 1.29 is 4.92 Å². The van der Waals surface area contributed by atoms with Crippen molar-refractivity contribution in [1.82, 2.24) is 4.90 Å². The summed E-state index contributed by atoms with van der Waals surface area (Å²) >= 11 is 0. The van der Waals surface area contributed by atoms with Gasteiger partial charge in [0.1, 0.15) is 0 Å². The summed E-state index contributed by atoms with van der Waals surface area (Å²) in [6.45, 7) is 7.42. The van der Waals surface area contributed by atoms with Crippen LogP contribution in [0.1, 0.15) is 40.0 Å². The minimum atomic E-state index is -0.836. The summed E-state index contributed by atoms with van der Waals surface area (Å²) in [6.07, 6.45) is 3.62. The van der Waals surface area contributed by atoms with E-state index in [1.165, 1.54) is 19.3 Å². The zero-order valence-electron chi connectivity index (χ0n) is 9.32. The van der Waals surface area contributed by atoms with E-state index in [2.05, 4.69) is 4.90 Å². The highest BCUT2D eigenvalue weighted by atomic mass is 16.6. The number of nitrogens with zero attached hydrogens (tertiary/aromatic N) is 2. The van der Waals surface area contributed by atoms with Crippen molar-refractivity contribution in [3.8, 4) is 0 Å². The Labute approximate surface area is 85.4 Å². The van der Waals surface area contributed by atoms with Crippen LogP contribution in [0.25, 0.3) is 0 Å². The van der Waals surface area contributed by atoms with Gasteiger partial charge in [-0.25, -0.2) is 0 Å². The third kappa shape index (κ3) is 2.23. The normalized spacial score (nSPS) is 21.9. The van der Waals surface area contributed by atoms with Crippen LogP contribution in [0.5, 0.6) is 0 Å². The van der Waals surface area contributed by atoms with Crippen LogP contribution < -0.4 is 0 Å². The van der Waals surface area contributed by atoms with Crippen molar-refractivity contribution in [2.75, 3.05) is 13.1 Å². The molecular formula is C10H20N2O2. The summed E-state index contributed by atoms with van der Waals surface area (Å²) in [4.78, 5) is 13.0. The van der Waals surface area contributed by atoms with Crippen LogP contribution in [0.2, 0.25) is 0 Å². The first-order valence-electron chi connectivity index (χ1n) is 5.35. The van der Waals surface area contributed by atoms with Crippen LogP contribution >= 0.6 is 0 Å². The molecule has 0 aromatic heterocycles. The van der Waals surface area contributed by atoms with E-state index in [0.29, 0.717) is 0 Å². The number of hydrogen-bond donors (Lipinski definition) is 0. The van der Waals surface area contributed by atoms with Gasteiger partial charge in [-0.15, -0.1) is 0 Å². The first-order chi connectivity index (χ1) is 6.46. The van der Waals surface area contributed by atoms with Crippen LogP contribution in [-0.4, -0.2) is 34.5 Å². The average molecular weight is 200 g/mol. The molecule has 0 aliphatic carbocycles. The lowest BCUT2D eigenvalue weighted by molar-refractivity contribution is -0.568. The molecule has 0 aromatic carbocycles. The summed E-state index contributed by atoms with van der Waals surface area (Å²) in [7, 11) is 0. The van der Waals surface area contributed by atoms with Crippen LogP contribution in [0.4, 0.5) is 0 Å². The quantitative estimate of drug-likeness (QED) is 0.516. The van der Waals surface area contributed by atoms with E-state index in [0.717, 1.165) is 13.1 Å². The second-order valence-electron chi connectivity index (χ2n) is 4.68. The molecule has 1 aliphatic heterocycles. The third-order valence-corrected chi connectivity index (χ3v) is 3.43. The minimum absolute atomic E-state index is 0.0257. The molecule has 0 spiro atoms. The van der Waals surface area contributed by atoms with E-state index in [9.17, 15) is 10.1 Å². The molecule has 0 N–H and O–H groups in total. The molecule has 1 aliphatic rings. The van der Waals surface area contributed by atoms with Crippen LogP contribution in [0.3, 0.4) is 0 Å². The van der Waals surface area contributed by atoms with Crippen molar-refractivity contribution in [2.24, 2.45) is 0 Å². The molecule has 1 heterocycles. The Morgan fingerprint density at radius 1 is 1.29 bits per heavy atom. The van der Waals surface area contributed by atoms with Gasteiger partial charge in [-0.2, -0.15) is 0 Å². The van der Waals surface area contributed by atoms with Gasteiger partial charge in [-0.3, -0.25) is 15.0 Å². The second kappa shape index (κ2) is 4.26. The van der Waals surface area contributed by atoms with Crippen LogP contribution in [-0.2, 0) is 0 Å². The Morgan fingerprint density at radius 3 is 2.21 bits per heavy atom. The summed E-state index contributed by atoms with van der Waals surface area (Å²) in [5.41, 5.74) is -0.836. The monoisotopic (exact) mass is 200 g/mol. The van der Waals surface area contributed by atoms with Gasteiger partial charge >= 0.3 is 0 Å². The highest BCUT2D eigenvalue weighted by Gasteiger charge is 2.41. The van der Waals surface area contributed by atoms with Gasteiger partial charge in [0.15, 0.2) is 0 Å². The zero-order chi connectivity index (χ0) is 10.8. The van der Waals surface area contributed by atoms with E-state index in [1.54, 1.807) is 13.8 Å². The molecule has 1 atom stereocenters. The minimum Gasteiger partial charge on any atom is -0.294 e. The maximum absolute atomic E-state index is 10.9. The van der Waals surface area contributed by atoms with E-state index in [-0.39, 0.29) is 11.0 Å². The van der Waals surface area contributed by atoms with Gasteiger partial charge in [-0.1, -0.05) is 6.42 Å². The molecule has 14 heavy (non-hydrogen) atoms. The number of nitro groups is 1. The summed E-state index contributed by atoms with van der Waals surface area (Å²) in [6, 6.07) is 0.0257. The Balaban J connectivity index is 2.62. The van der Waals surface area contributed by atoms with Crippen LogP contribution in [0.15, 0.2) is 0 Å². The number of rotatable bonds is 3. The molecule has 0 saturated carbocycles. The molecule has 82 valence electrons. The maximum Gasteiger partial charge on any atom is 0.231 e. The fraction of sp³-hybridized carbons (Fsp3) is 1.00. The predicted molar refractivity (Wildman–Crippen MR) is 56.0 cm³/mol. The average Bonchev–Trinajstić information content (AvgIpc) is 2.17. The van der Waals surface area contributed by atoms with E-state index >= 15 is 0 Å². The number of hydrogen-bond acceptors (Lipinski definition) is 3. The van der Waals surface area contributed by atoms with E-state index < -0.39 is 5.54 Å². The standard InChI is InChI=1S/C10H20N2O2/c1-9(10(2,3)12(13)14)11-7-5-4-6-8-11/h9H,4-8H2,1-3H3. The molecule has 1 rings (SSSR count).